The summed E-state index contributed by atoms with van der Waals surface area (Å²) in [7, 11) is -3.30. The van der Waals surface area contributed by atoms with Crippen LogP contribution in [-0.2, 0) is 14.8 Å². The van der Waals surface area contributed by atoms with Gasteiger partial charge in [-0.1, -0.05) is 13.0 Å². The zero-order chi connectivity index (χ0) is 10.9. The Morgan fingerprint density at radius 2 is 2.27 bits per heavy atom. The molecule has 1 atom stereocenters. The molecule has 1 aliphatic carbocycles. The Morgan fingerprint density at radius 3 is 2.73 bits per heavy atom. The summed E-state index contributed by atoms with van der Waals surface area (Å²) in [6.07, 6.45) is 4.79. The monoisotopic (exact) mass is 231 g/mol. The minimum Gasteiger partial charge on any atom is -0.376 e. The number of sulfonamides is 1. The molecule has 1 unspecified atom stereocenters. The lowest BCUT2D eigenvalue weighted by molar-refractivity contribution is 0.0705. The van der Waals surface area contributed by atoms with Gasteiger partial charge in [-0.2, -0.15) is 0 Å². The van der Waals surface area contributed by atoms with E-state index in [1.807, 2.05) is 0 Å². The molecular formula is C10H17NO3S. The van der Waals surface area contributed by atoms with Crippen LogP contribution in [-0.4, -0.2) is 27.7 Å². The summed E-state index contributed by atoms with van der Waals surface area (Å²) in [5.41, 5.74) is 0.379. The van der Waals surface area contributed by atoms with Crippen molar-refractivity contribution in [2.75, 3.05) is 13.2 Å². The van der Waals surface area contributed by atoms with Crippen molar-refractivity contribution < 1.29 is 13.2 Å². The van der Waals surface area contributed by atoms with Crippen molar-refractivity contribution in [3.63, 3.8) is 0 Å². The third kappa shape index (κ3) is 2.41. The predicted molar refractivity (Wildman–Crippen MR) is 57.8 cm³/mol. The minimum absolute atomic E-state index is 0.0417. The second-order valence-corrected chi connectivity index (χ2v) is 6.26. The smallest absolute Gasteiger partial charge is 0.233 e. The van der Waals surface area contributed by atoms with Crippen molar-refractivity contribution in [1.82, 2.24) is 4.72 Å². The molecule has 1 aliphatic heterocycles. The molecule has 0 aromatic rings. The number of hydrogen-bond donors (Lipinski definition) is 1. The molecule has 1 saturated heterocycles. The van der Waals surface area contributed by atoms with Crippen molar-refractivity contribution in [3.8, 4) is 0 Å². The zero-order valence-corrected chi connectivity index (χ0v) is 9.55. The van der Waals surface area contributed by atoms with E-state index >= 15 is 0 Å². The standard InChI is InChI=1S/C10H17NO3S/c1-2-15(12,13)11-7-9-6-10(8-14-9)4-3-5-10/h2,9,11H,1,3-8H2. The van der Waals surface area contributed by atoms with E-state index in [0.717, 1.165) is 18.4 Å². The van der Waals surface area contributed by atoms with Crippen molar-refractivity contribution in [2.24, 2.45) is 5.41 Å². The Hall–Kier alpha value is -0.390. The van der Waals surface area contributed by atoms with Crippen molar-refractivity contribution in [3.05, 3.63) is 12.0 Å². The van der Waals surface area contributed by atoms with E-state index in [-0.39, 0.29) is 6.10 Å². The topological polar surface area (TPSA) is 55.4 Å². The van der Waals surface area contributed by atoms with Gasteiger partial charge in [-0.25, -0.2) is 13.1 Å². The quantitative estimate of drug-likeness (QED) is 0.785. The number of rotatable bonds is 4. The van der Waals surface area contributed by atoms with Gasteiger partial charge < -0.3 is 4.74 Å². The first-order valence-corrected chi connectivity index (χ1v) is 6.84. The van der Waals surface area contributed by atoms with Crippen molar-refractivity contribution in [2.45, 2.75) is 31.8 Å². The fourth-order valence-corrected chi connectivity index (χ4v) is 2.86. The number of hydrogen-bond acceptors (Lipinski definition) is 3. The Balaban J connectivity index is 1.80. The molecule has 15 heavy (non-hydrogen) atoms. The molecule has 1 spiro atoms. The third-order valence-electron chi connectivity index (χ3n) is 3.43. The zero-order valence-electron chi connectivity index (χ0n) is 8.74. The van der Waals surface area contributed by atoms with E-state index in [0.29, 0.717) is 12.0 Å². The van der Waals surface area contributed by atoms with Gasteiger partial charge in [0.15, 0.2) is 0 Å². The van der Waals surface area contributed by atoms with E-state index in [1.165, 1.54) is 19.3 Å². The molecule has 5 heteroatoms. The van der Waals surface area contributed by atoms with Gasteiger partial charge in [-0.3, -0.25) is 0 Å². The molecule has 0 aromatic heterocycles. The highest BCUT2D eigenvalue weighted by Crippen LogP contribution is 2.48. The summed E-state index contributed by atoms with van der Waals surface area (Å²) < 4.78 is 30.3. The van der Waals surface area contributed by atoms with Crippen LogP contribution in [0, 0.1) is 5.41 Å². The molecule has 2 rings (SSSR count). The van der Waals surface area contributed by atoms with Crippen LogP contribution < -0.4 is 4.72 Å². The molecule has 0 aromatic carbocycles. The largest absolute Gasteiger partial charge is 0.376 e. The van der Waals surface area contributed by atoms with Gasteiger partial charge in [0.25, 0.3) is 0 Å². The van der Waals surface area contributed by atoms with Crippen LogP contribution >= 0.6 is 0 Å². The van der Waals surface area contributed by atoms with Crippen LogP contribution in [0.25, 0.3) is 0 Å². The fourth-order valence-electron chi connectivity index (χ4n) is 2.32. The lowest BCUT2D eigenvalue weighted by Crippen LogP contribution is -2.33. The van der Waals surface area contributed by atoms with Gasteiger partial charge >= 0.3 is 0 Å². The van der Waals surface area contributed by atoms with Crippen molar-refractivity contribution >= 4 is 10.0 Å². The molecule has 1 heterocycles. The van der Waals surface area contributed by atoms with Gasteiger partial charge in [-0.05, 0) is 24.7 Å². The summed E-state index contributed by atoms with van der Waals surface area (Å²) >= 11 is 0. The summed E-state index contributed by atoms with van der Waals surface area (Å²) in [5, 5.41) is 0.932. The molecular weight excluding hydrogens is 214 g/mol. The van der Waals surface area contributed by atoms with Gasteiger partial charge in [0.1, 0.15) is 0 Å². The third-order valence-corrected chi connectivity index (χ3v) is 4.44. The second-order valence-electron chi connectivity index (χ2n) is 4.55. The molecule has 1 saturated carbocycles. The summed E-state index contributed by atoms with van der Waals surface area (Å²) in [4.78, 5) is 0. The first kappa shape index (κ1) is 11.1. The van der Waals surface area contributed by atoms with Gasteiger partial charge in [-0.15, -0.1) is 0 Å². The molecule has 1 N–H and O–H groups in total. The molecule has 86 valence electrons. The predicted octanol–water partition coefficient (Wildman–Crippen LogP) is 1.01. The van der Waals surface area contributed by atoms with Gasteiger partial charge in [0, 0.05) is 12.0 Å². The van der Waals surface area contributed by atoms with E-state index in [2.05, 4.69) is 11.3 Å². The summed E-state index contributed by atoms with van der Waals surface area (Å²) in [6.45, 7) is 4.41. The van der Waals surface area contributed by atoms with Gasteiger partial charge in [0.05, 0.1) is 12.7 Å². The first-order chi connectivity index (χ1) is 7.05. The lowest BCUT2D eigenvalue weighted by atomic mass is 9.68. The number of ether oxygens (including phenoxy) is 1. The highest BCUT2D eigenvalue weighted by Gasteiger charge is 2.44. The number of nitrogens with one attached hydrogen (secondary N) is 1. The molecule has 0 radical (unpaired) electrons. The average Bonchev–Trinajstić information content (AvgIpc) is 2.59. The average molecular weight is 231 g/mol. The maximum atomic E-state index is 11.1. The van der Waals surface area contributed by atoms with E-state index in [9.17, 15) is 8.42 Å². The van der Waals surface area contributed by atoms with Crippen LogP contribution in [0.3, 0.4) is 0 Å². The Kier molecular flexibility index (Phi) is 2.87. The SMILES string of the molecule is C=CS(=O)(=O)NCC1CC2(CCC2)CO1. The Bertz CT molecular complexity index is 346. The highest BCUT2D eigenvalue weighted by molar-refractivity contribution is 7.92. The molecule has 4 nitrogen and oxygen atoms in total. The van der Waals surface area contributed by atoms with E-state index in [4.69, 9.17) is 4.74 Å². The molecule has 0 amide bonds. The maximum absolute atomic E-state index is 11.1. The van der Waals surface area contributed by atoms with E-state index in [1.54, 1.807) is 0 Å². The van der Waals surface area contributed by atoms with Crippen LogP contribution in [0.2, 0.25) is 0 Å². The van der Waals surface area contributed by atoms with Crippen LogP contribution in [0.15, 0.2) is 12.0 Å². The lowest BCUT2D eigenvalue weighted by Gasteiger charge is -2.36. The Morgan fingerprint density at radius 1 is 1.53 bits per heavy atom. The maximum Gasteiger partial charge on any atom is 0.233 e. The highest BCUT2D eigenvalue weighted by atomic mass is 32.2. The summed E-state index contributed by atoms with van der Waals surface area (Å²) in [6, 6.07) is 0. The van der Waals surface area contributed by atoms with E-state index < -0.39 is 10.0 Å². The van der Waals surface area contributed by atoms with Crippen LogP contribution in [0.5, 0.6) is 0 Å². The Labute approximate surface area is 90.7 Å². The minimum atomic E-state index is -3.30. The molecule has 0 bridgehead atoms. The van der Waals surface area contributed by atoms with Crippen LogP contribution in [0.4, 0.5) is 0 Å². The molecule has 2 aliphatic rings. The van der Waals surface area contributed by atoms with Gasteiger partial charge in [0.2, 0.25) is 10.0 Å². The summed E-state index contributed by atoms with van der Waals surface area (Å²) in [5.74, 6) is 0. The van der Waals surface area contributed by atoms with Crippen molar-refractivity contribution in [1.29, 1.82) is 0 Å². The first-order valence-electron chi connectivity index (χ1n) is 5.29. The second kappa shape index (κ2) is 3.88. The molecule has 2 fully saturated rings. The normalized spacial score (nSPS) is 28.9. The van der Waals surface area contributed by atoms with Crippen LogP contribution in [0.1, 0.15) is 25.7 Å². The fraction of sp³-hybridized carbons (Fsp3) is 0.800.